The zero-order valence-electron chi connectivity index (χ0n) is 13.1. The number of nitrogens with one attached hydrogen (secondary N) is 2. The van der Waals surface area contributed by atoms with Crippen molar-refractivity contribution in [2.24, 2.45) is 5.92 Å². The van der Waals surface area contributed by atoms with Crippen molar-refractivity contribution in [3.8, 4) is 11.3 Å². The smallest absolute Gasteiger partial charge is 0.120 e. The fraction of sp³-hybridized carbons (Fsp3) is 0.471. The molecule has 0 fully saturated rings. The first-order chi connectivity index (χ1) is 10.2. The van der Waals surface area contributed by atoms with E-state index >= 15 is 0 Å². The molecule has 1 aromatic heterocycles. The van der Waals surface area contributed by atoms with E-state index in [9.17, 15) is 0 Å². The van der Waals surface area contributed by atoms with Gasteiger partial charge in [0.15, 0.2) is 0 Å². The number of aromatic amines is 1. The lowest BCUT2D eigenvalue weighted by molar-refractivity contribution is 0.199. The van der Waals surface area contributed by atoms with Gasteiger partial charge in [-0.2, -0.15) is 0 Å². The van der Waals surface area contributed by atoms with Crippen LogP contribution in [-0.4, -0.2) is 30.2 Å². The van der Waals surface area contributed by atoms with Gasteiger partial charge in [-0.15, -0.1) is 0 Å². The average molecular weight is 287 g/mol. The quantitative estimate of drug-likeness (QED) is 0.734. The average Bonchev–Trinajstić information content (AvgIpc) is 2.93. The number of imidazole rings is 1. The summed E-state index contributed by atoms with van der Waals surface area (Å²) in [6.07, 6.45) is 3.02. The standard InChI is InChI=1S/C17H25N3O/c1-13(2)10-14-4-6-15(7-5-14)16-11-19-17(20-16)12-18-8-9-21-3/h4-7,11,13,18H,8-10,12H2,1-3H3,(H,19,20). The second-order valence-electron chi connectivity index (χ2n) is 5.71. The highest BCUT2D eigenvalue weighted by Gasteiger charge is 2.04. The molecule has 0 atom stereocenters. The Hall–Kier alpha value is -1.65. The minimum Gasteiger partial charge on any atom is -0.383 e. The molecule has 21 heavy (non-hydrogen) atoms. The van der Waals surface area contributed by atoms with Crippen LogP contribution in [0.4, 0.5) is 0 Å². The Balaban J connectivity index is 1.94. The number of ether oxygens (including phenoxy) is 1. The van der Waals surface area contributed by atoms with Gasteiger partial charge in [-0.25, -0.2) is 4.98 Å². The van der Waals surface area contributed by atoms with Crippen molar-refractivity contribution < 1.29 is 4.74 Å². The molecule has 2 N–H and O–H groups in total. The van der Waals surface area contributed by atoms with Crippen LogP contribution < -0.4 is 5.32 Å². The first-order valence-corrected chi connectivity index (χ1v) is 7.52. The molecule has 0 radical (unpaired) electrons. The van der Waals surface area contributed by atoms with Crippen molar-refractivity contribution in [2.75, 3.05) is 20.3 Å². The van der Waals surface area contributed by atoms with Crippen molar-refractivity contribution in [3.05, 3.63) is 41.9 Å². The van der Waals surface area contributed by atoms with Gasteiger partial charge >= 0.3 is 0 Å². The number of hydrogen-bond acceptors (Lipinski definition) is 3. The minimum absolute atomic E-state index is 0.688. The van der Waals surface area contributed by atoms with Crippen LogP contribution in [0.15, 0.2) is 30.5 Å². The van der Waals surface area contributed by atoms with Crippen molar-refractivity contribution in [3.63, 3.8) is 0 Å². The van der Waals surface area contributed by atoms with Gasteiger partial charge in [0.1, 0.15) is 5.82 Å². The van der Waals surface area contributed by atoms with E-state index in [0.717, 1.165) is 31.0 Å². The van der Waals surface area contributed by atoms with E-state index in [1.54, 1.807) is 7.11 Å². The molecule has 0 bridgehead atoms. The Labute approximate surface area is 127 Å². The van der Waals surface area contributed by atoms with Gasteiger partial charge in [0, 0.05) is 13.7 Å². The van der Waals surface area contributed by atoms with E-state index in [0.29, 0.717) is 12.5 Å². The highest BCUT2D eigenvalue weighted by atomic mass is 16.5. The number of rotatable bonds is 8. The van der Waals surface area contributed by atoms with Crippen molar-refractivity contribution in [2.45, 2.75) is 26.8 Å². The van der Waals surface area contributed by atoms with Gasteiger partial charge in [-0.3, -0.25) is 0 Å². The van der Waals surface area contributed by atoms with Crippen LogP contribution in [0, 0.1) is 5.92 Å². The molecule has 0 aliphatic carbocycles. The molecule has 0 saturated carbocycles. The van der Waals surface area contributed by atoms with Crippen LogP contribution in [0.2, 0.25) is 0 Å². The van der Waals surface area contributed by atoms with Gasteiger partial charge in [-0.1, -0.05) is 38.1 Å². The molecule has 0 unspecified atom stereocenters. The monoisotopic (exact) mass is 287 g/mol. The van der Waals surface area contributed by atoms with Gasteiger partial charge in [0.05, 0.1) is 25.0 Å². The van der Waals surface area contributed by atoms with Crippen LogP contribution in [0.25, 0.3) is 11.3 Å². The zero-order valence-corrected chi connectivity index (χ0v) is 13.1. The van der Waals surface area contributed by atoms with Gasteiger partial charge in [0.25, 0.3) is 0 Å². The molecule has 1 aromatic carbocycles. The maximum atomic E-state index is 5.00. The van der Waals surface area contributed by atoms with E-state index < -0.39 is 0 Å². The first-order valence-electron chi connectivity index (χ1n) is 7.52. The lowest BCUT2D eigenvalue weighted by Crippen LogP contribution is -2.19. The third-order valence-electron chi connectivity index (χ3n) is 3.31. The largest absolute Gasteiger partial charge is 0.383 e. The third-order valence-corrected chi connectivity index (χ3v) is 3.31. The van der Waals surface area contributed by atoms with Crippen LogP contribution in [0.3, 0.4) is 0 Å². The number of methoxy groups -OCH3 is 1. The van der Waals surface area contributed by atoms with Gasteiger partial charge in [-0.05, 0) is 23.5 Å². The summed E-state index contributed by atoms with van der Waals surface area (Å²) in [5.74, 6) is 1.64. The third kappa shape index (κ3) is 4.99. The number of nitrogens with zero attached hydrogens (tertiary/aromatic N) is 1. The van der Waals surface area contributed by atoms with Crippen LogP contribution in [-0.2, 0) is 17.7 Å². The molecular formula is C17H25N3O. The normalized spacial score (nSPS) is 11.2. The highest BCUT2D eigenvalue weighted by Crippen LogP contribution is 2.19. The second kappa shape index (κ2) is 7.96. The summed E-state index contributed by atoms with van der Waals surface area (Å²) < 4.78 is 5.00. The van der Waals surface area contributed by atoms with Crippen molar-refractivity contribution in [1.29, 1.82) is 0 Å². The van der Waals surface area contributed by atoms with E-state index in [1.165, 1.54) is 11.1 Å². The lowest BCUT2D eigenvalue weighted by atomic mass is 10.0. The molecule has 114 valence electrons. The van der Waals surface area contributed by atoms with Crippen LogP contribution in [0.1, 0.15) is 25.2 Å². The number of hydrogen-bond donors (Lipinski definition) is 2. The fourth-order valence-corrected chi connectivity index (χ4v) is 2.27. The molecule has 4 heteroatoms. The molecule has 0 amide bonds. The summed E-state index contributed by atoms with van der Waals surface area (Å²) in [6, 6.07) is 8.72. The summed E-state index contributed by atoms with van der Waals surface area (Å²) in [7, 11) is 1.70. The molecule has 2 aromatic rings. The first kappa shape index (κ1) is 15.7. The molecule has 1 heterocycles. The van der Waals surface area contributed by atoms with E-state index in [4.69, 9.17) is 4.74 Å². The minimum atomic E-state index is 0.688. The zero-order chi connectivity index (χ0) is 15.1. The summed E-state index contributed by atoms with van der Waals surface area (Å²) in [4.78, 5) is 7.75. The summed E-state index contributed by atoms with van der Waals surface area (Å²) in [5, 5.41) is 3.28. The predicted octanol–water partition coefficient (Wildman–Crippen LogP) is 3.01. The fourth-order valence-electron chi connectivity index (χ4n) is 2.27. The molecule has 0 spiro atoms. The molecule has 4 nitrogen and oxygen atoms in total. The van der Waals surface area contributed by atoms with E-state index in [2.05, 4.69) is 53.4 Å². The maximum absolute atomic E-state index is 5.00. The Morgan fingerprint density at radius 2 is 2.00 bits per heavy atom. The summed E-state index contributed by atoms with van der Waals surface area (Å²) >= 11 is 0. The molecule has 0 saturated heterocycles. The Morgan fingerprint density at radius 3 is 2.67 bits per heavy atom. The molecule has 0 aliphatic rings. The molecule has 0 aliphatic heterocycles. The van der Waals surface area contributed by atoms with E-state index in [1.807, 2.05) is 6.20 Å². The Morgan fingerprint density at radius 1 is 1.24 bits per heavy atom. The number of H-pyrrole nitrogens is 1. The Kier molecular flexibility index (Phi) is 5.96. The summed E-state index contributed by atoms with van der Waals surface area (Å²) in [6.45, 7) is 6.76. The number of benzene rings is 1. The van der Waals surface area contributed by atoms with Gasteiger partial charge < -0.3 is 15.0 Å². The van der Waals surface area contributed by atoms with Crippen molar-refractivity contribution >= 4 is 0 Å². The summed E-state index contributed by atoms with van der Waals surface area (Å²) in [5.41, 5.74) is 3.63. The second-order valence-corrected chi connectivity index (χ2v) is 5.71. The molecule has 2 rings (SSSR count). The highest BCUT2D eigenvalue weighted by molar-refractivity contribution is 5.58. The molecular weight excluding hydrogens is 262 g/mol. The van der Waals surface area contributed by atoms with E-state index in [-0.39, 0.29) is 0 Å². The van der Waals surface area contributed by atoms with Crippen molar-refractivity contribution in [1.82, 2.24) is 15.3 Å². The van der Waals surface area contributed by atoms with Crippen LogP contribution >= 0.6 is 0 Å². The topological polar surface area (TPSA) is 49.9 Å². The maximum Gasteiger partial charge on any atom is 0.120 e. The lowest BCUT2D eigenvalue weighted by Gasteiger charge is -2.05. The predicted molar refractivity (Wildman–Crippen MR) is 86.1 cm³/mol. The van der Waals surface area contributed by atoms with Gasteiger partial charge in [0.2, 0.25) is 0 Å². The number of aromatic nitrogens is 2. The SMILES string of the molecule is COCCNCc1ncc(-c2ccc(CC(C)C)cc2)[nH]1. The Bertz CT molecular complexity index is 531. The van der Waals surface area contributed by atoms with Crippen LogP contribution in [0.5, 0.6) is 0 Å².